The van der Waals surface area contributed by atoms with Gasteiger partial charge in [0.1, 0.15) is 0 Å². The third-order valence-electron chi connectivity index (χ3n) is 2.06. The summed E-state index contributed by atoms with van der Waals surface area (Å²) in [5.41, 5.74) is 0. The van der Waals surface area contributed by atoms with E-state index in [0.717, 1.165) is 32.5 Å². The highest BCUT2D eigenvalue weighted by Crippen LogP contribution is 1.87. The van der Waals surface area contributed by atoms with E-state index in [1.54, 1.807) is 6.08 Å². The van der Waals surface area contributed by atoms with Crippen LogP contribution < -0.4 is 10.6 Å². The molecule has 0 aromatic carbocycles. The highest BCUT2D eigenvalue weighted by molar-refractivity contribution is 5.87. The van der Waals surface area contributed by atoms with Crippen molar-refractivity contribution in [3.05, 3.63) is 12.2 Å². The van der Waals surface area contributed by atoms with Crippen molar-refractivity contribution in [3.63, 3.8) is 0 Å². The molecule has 0 aromatic rings. The van der Waals surface area contributed by atoms with Gasteiger partial charge in [-0.3, -0.25) is 4.79 Å². The van der Waals surface area contributed by atoms with Gasteiger partial charge in [-0.15, -0.1) is 0 Å². The van der Waals surface area contributed by atoms with Crippen molar-refractivity contribution in [1.82, 2.24) is 15.5 Å². The van der Waals surface area contributed by atoms with Crippen molar-refractivity contribution < 1.29 is 4.79 Å². The first-order chi connectivity index (χ1) is 7.66. The second-order valence-electron chi connectivity index (χ2n) is 4.04. The summed E-state index contributed by atoms with van der Waals surface area (Å²) < 4.78 is 0. The van der Waals surface area contributed by atoms with Crippen molar-refractivity contribution in [2.24, 2.45) is 0 Å². The summed E-state index contributed by atoms with van der Waals surface area (Å²) in [6.45, 7) is 5.57. The van der Waals surface area contributed by atoms with E-state index in [-0.39, 0.29) is 5.91 Å². The predicted octanol–water partition coefficient (Wildman–Crippen LogP) is 0.610. The van der Waals surface area contributed by atoms with E-state index in [4.69, 9.17) is 0 Å². The van der Waals surface area contributed by atoms with Crippen LogP contribution in [-0.2, 0) is 4.79 Å². The van der Waals surface area contributed by atoms with Gasteiger partial charge < -0.3 is 15.5 Å². The molecule has 0 radical (unpaired) electrons. The number of nitrogens with zero attached hydrogens (tertiary/aromatic N) is 1. The molecule has 0 saturated carbocycles. The SMILES string of the molecule is CCC/C=C/C(=O)NCCNCCN(C)C. The second-order valence-corrected chi connectivity index (χ2v) is 4.04. The Morgan fingerprint density at radius 1 is 1.25 bits per heavy atom. The second kappa shape index (κ2) is 10.6. The minimum absolute atomic E-state index is 0.00265. The molecule has 0 aliphatic rings. The number of carbonyl (C=O) groups is 1. The molecule has 0 bridgehead atoms. The number of hydrogen-bond donors (Lipinski definition) is 2. The van der Waals surface area contributed by atoms with Crippen LogP contribution in [-0.4, -0.2) is 51.1 Å². The molecule has 0 aromatic heterocycles. The lowest BCUT2D eigenvalue weighted by Gasteiger charge is -2.10. The number of rotatable bonds is 9. The van der Waals surface area contributed by atoms with Gasteiger partial charge in [0.2, 0.25) is 5.91 Å². The first kappa shape index (κ1) is 15.1. The van der Waals surface area contributed by atoms with Gasteiger partial charge in [0.15, 0.2) is 0 Å². The molecule has 0 saturated heterocycles. The van der Waals surface area contributed by atoms with E-state index in [0.29, 0.717) is 6.54 Å². The molecule has 0 rings (SSSR count). The topological polar surface area (TPSA) is 44.4 Å². The van der Waals surface area contributed by atoms with Gasteiger partial charge in [0.05, 0.1) is 0 Å². The Balaban J connectivity index is 3.28. The Morgan fingerprint density at radius 2 is 2.00 bits per heavy atom. The zero-order valence-corrected chi connectivity index (χ0v) is 10.8. The van der Waals surface area contributed by atoms with Gasteiger partial charge in [-0.05, 0) is 26.6 Å². The molecule has 0 fully saturated rings. The highest BCUT2D eigenvalue weighted by Gasteiger charge is 1.93. The molecule has 16 heavy (non-hydrogen) atoms. The van der Waals surface area contributed by atoms with Crippen LogP contribution in [0.25, 0.3) is 0 Å². The average Bonchev–Trinajstić information content (AvgIpc) is 2.23. The third kappa shape index (κ3) is 11.2. The van der Waals surface area contributed by atoms with Gasteiger partial charge in [0, 0.05) is 26.2 Å². The lowest BCUT2D eigenvalue weighted by molar-refractivity contribution is -0.116. The maximum atomic E-state index is 11.2. The monoisotopic (exact) mass is 227 g/mol. The fourth-order valence-electron chi connectivity index (χ4n) is 1.12. The first-order valence-electron chi connectivity index (χ1n) is 5.96. The molecule has 0 spiro atoms. The summed E-state index contributed by atoms with van der Waals surface area (Å²) in [5.74, 6) is 0.00265. The minimum Gasteiger partial charge on any atom is -0.351 e. The maximum Gasteiger partial charge on any atom is 0.243 e. The fraction of sp³-hybridized carbons (Fsp3) is 0.750. The summed E-state index contributed by atoms with van der Waals surface area (Å²) in [5, 5.41) is 6.09. The Bertz CT molecular complexity index is 202. The van der Waals surface area contributed by atoms with Crippen molar-refractivity contribution in [1.29, 1.82) is 0 Å². The zero-order chi connectivity index (χ0) is 12.2. The standard InChI is InChI=1S/C12H25N3O/c1-4-5-6-7-12(16)14-9-8-13-10-11-15(2)3/h6-7,13H,4-5,8-11H2,1-3H3,(H,14,16)/b7-6+. The molecule has 1 amide bonds. The summed E-state index contributed by atoms with van der Waals surface area (Å²) >= 11 is 0. The fourth-order valence-corrected chi connectivity index (χ4v) is 1.12. The van der Waals surface area contributed by atoms with E-state index in [1.165, 1.54) is 0 Å². The molecular formula is C12H25N3O. The number of amides is 1. The number of unbranched alkanes of at least 4 members (excludes halogenated alkanes) is 1. The van der Waals surface area contributed by atoms with Crippen molar-refractivity contribution in [2.45, 2.75) is 19.8 Å². The number of carbonyl (C=O) groups excluding carboxylic acids is 1. The Morgan fingerprint density at radius 3 is 2.62 bits per heavy atom. The Kier molecular flexibility index (Phi) is 10.1. The summed E-state index contributed by atoms with van der Waals surface area (Å²) in [7, 11) is 4.09. The normalized spacial score (nSPS) is 11.2. The highest BCUT2D eigenvalue weighted by atomic mass is 16.1. The van der Waals surface area contributed by atoms with Crippen LogP contribution in [0.5, 0.6) is 0 Å². The molecular weight excluding hydrogens is 202 g/mol. The van der Waals surface area contributed by atoms with Crippen LogP contribution in [0.4, 0.5) is 0 Å². The molecule has 4 heteroatoms. The van der Waals surface area contributed by atoms with Gasteiger partial charge in [0.25, 0.3) is 0 Å². The maximum absolute atomic E-state index is 11.2. The lowest BCUT2D eigenvalue weighted by Crippen LogP contribution is -2.34. The molecule has 0 aliphatic carbocycles. The Labute approximate surface area is 99.1 Å². The van der Waals surface area contributed by atoms with E-state index >= 15 is 0 Å². The van der Waals surface area contributed by atoms with Crippen LogP contribution in [0.3, 0.4) is 0 Å². The molecule has 0 unspecified atom stereocenters. The lowest BCUT2D eigenvalue weighted by atomic mass is 10.3. The first-order valence-corrected chi connectivity index (χ1v) is 5.96. The summed E-state index contributed by atoms with van der Waals surface area (Å²) in [4.78, 5) is 13.3. The van der Waals surface area contributed by atoms with E-state index in [2.05, 4.69) is 22.5 Å². The van der Waals surface area contributed by atoms with Gasteiger partial charge in [-0.2, -0.15) is 0 Å². The van der Waals surface area contributed by atoms with Gasteiger partial charge in [-0.25, -0.2) is 0 Å². The van der Waals surface area contributed by atoms with Crippen molar-refractivity contribution >= 4 is 5.91 Å². The van der Waals surface area contributed by atoms with Crippen LogP contribution in [0.1, 0.15) is 19.8 Å². The minimum atomic E-state index is 0.00265. The Hall–Kier alpha value is -0.870. The van der Waals surface area contributed by atoms with Crippen LogP contribution in [0, 0.1) is 0 Å². The quantitative estimate of drug-likeness (QED) is 0.448. The zero-order valence-electron chi connectivity index (χ0n) is 10.8. The van der Waals surface area contributed by atoms with Gasteiger partial charge >= 0.3 is 0 Å². The van der Waals surface area contributed by atoms with Crippen LogP contribution in [0.15, 0.2) is 12.2 Å². The molecule has 4 nitrogen and oxygen atoms in total. The van der Waals surface area contributed by atoms with Crippen LogP contribution >= 0.6 is 0 Å². The number of hydrogen-bond acceptors (Lipinski definition) is 3. The van der Waals surface area contributed by atoms with E-state index in [9.17, 15) is 4.79 Å². The van der Waals surface area contributed by atoms with Crippen molar-refractivity contribution in [3.8, 4) is 0 Å². The smallest absolute Gasteiger partial charge is 0.243 e. The third-order valence-corrected chi connectivity index (χ3v) is 2.06. The largest absolute Gasteiger partial charge is 0.351 e. The average molecular weight is 227 g/mol. The number of likely N-dealkylation sites (N-methyl/N-ethyl adjacent to an activating group) is 1. The summed E-state index contributed by atoms with van der Waals surface area (Å²) in [6, 6.07) is 0. The van der Waals surface area contributed by atoms with Crippen molar-refractivity contribution in [2.75, 3.05) is 40.3 Å². The van der Waals surface area contributed by atoms with E-state index in [1.807, 2.05) is 20.2 Å². The number of nitrogens with one attached hydrogen (secondary N) is 2. The van der Waals surface area contributed by atoms with Gasteiger partial charge in [-0.1, -0.05) is 19.4 Å². The van der Waals surface area contributed by atoms with E-state index < -0.39 is 0 Å². The van der Waals surface area contributed by atoms with Crippen LogP contribution in [0.2, 0.25) is 0 Å². The molecule has 0 heterocycles. The molecule has 2 N–H and O–H groups in total. The molecule has 0 atom stereocenters. The number of allylic oxidation sites excluding steroid dienone is 1. The molecule has 0 aliphatic heterocycles. The summed E-state index contributed by atoms with van der Waals surface area (Å²) in [6.07, 6.45) is 5.57. The predicted molar refractivity (Wildman–Crippen MR) is 68.5 cm³/mol. The molecule has 94 valence electrons.